The van der Waals surface area contributed by atoms with Crippen molar-refractivity contribution in [3.63, 3.8) is 0 Å². The van der Waals surface area contributed by atoms with Crippen LogP contribution in [0.4, 0.5) is 4.39 Å². The molecule has 1 aromatic heterocycles. The van der Waals surface area contributed by atoms with Crippen LogP contribution in [0, 0.1) is 24.6 Å². The molecule has 0 radical (unpaired) electrons. The molecular formula is C22H25FN2. The lowest BCUT2D eigenvalue weighted by atomic mass is 10.0. The van der Waals surface area contributed by atoms with Gasteiger partial charge in [0.2, 0.25) is 0 Å². The molecule has 0 fully saturated rings. The van der Waals surface area contributed by atoms with Gasteiger partial charge < -0.3 is 4.90 Å². The van der Waals surface area contributed by atoms with Crippen LogP contribution in [-0.4, -0.2) is 22.5 Å². The maximum absolute atomic E-state index is 13.2. The summed E-state index contributed by atoms with van der Waals surface area (Å²) in [4.78, 5) is 6.85. The van der Waals surface area contributed by atoms with Crippen molar-refractivity contribution in [2.45, 2.75) is 40.2 Å². The molecule has 0 aliphatic carbocycles. The van der Waals surface area contributed by atoms with E-state index in [1.807, 2.05) is 19.9 Å². The van der Waals surface area contributed by atoms with Gasteiger partial charge in [-0.3, -0.25) is 4.98 Å². The Kier molecular flexibility index (Phi) is 5.64. The summed E-state index contributed by atoms with van der Waals surface area (Å²) in [6.07, 6.45) is 3.85. The average molecular weight is 336 g/mol. The van der Waals surface area contributed by atoms with Crippen molar-refractivity contribution < 1.29 is 4.39 Å². The minimum Gasteiger partial charge on any atom is -0.368 e. The van der Waals surface area contributed by atoms with E-state index in [-0.39, 0.29) is 11.4 Å². The highest BCUT2D eigenvalue weighted by molar-refractivity contribution is 5.64. The molecule has 1 heterocycles. The van der Waals surface area contributed by atoms with Crippen molar-refractivity contribution in [1.82, 2.24) is 9.88 Å². The summed E-state index contributed by atoms with van der Waals surface area (Å²) in [7, 11) is 2.08. The van der Waals surface area contributed by atoms with Gasteiger partial charge in [-0.05, 0) is 64.4 Å². The largest absolute Gasteiger partial charge is 0.368 e. The Labute approximate surface area is 150 Å². The van der Waals surface area contributed by atoms with Gasteiger partial charge in [0.1, 0.15) is 5.82 Å². The summed E-state index contributed by atoms with van der Waals surface area (Å²) < 4.78 is 13.2. The van der Waals surface area contributed by atoms with Crippen molar-refractivity contribution in [2.75, 3.05) is 7.05 Å². The monoisotopic (exact) mass is 336 g/mol. The second-order valence-electron chi connectivity index (χ2n) is 7.05. The number of aromatic nitrogens is 1. The second kappa shape index (κ2) is 7.53. The molecule has 0 aliphatic rings. The van der Waals surface area contributed by atoms with Crippen LogP contribution in [0.3, 0.4) is 0 Å². The van der Waals surface area contributed by atoms with E-state index in [1.165, 1.54) is 12.1 Å². The molecule has 2 nitrogen and oxygen atoms in total. The molecule has 130 valence electrons. The Morgan fingerprint density at radius 3 is 2.40 bits per heavy atom. The summed E-state index contributed by atoms with van der Waals surface area (Å²) in [5, 5.41) is 0. The van der Waals surface area contributed by atoms with Gasteiger partial charge in [-0.1, -0.05) is 24.0 Å². The first-order valence-electron chi connectivity index (χ1n) is 8.37. The minimum atomic E-state index is -0.278. The van der Waals surface area contributed by atoms with Gasteiger partial charge in [-0.2, -0.15) is 0 Å². The van der Waals surface area contributed by atoms with Gasteiger partial charge in [0, 0.05) is 29.9 Å². The van der Waals surface area contributed by atoms with Gasteiger partial charge in [0.15, 0.2) is 0 Å². The summed E-state index contributed by atoms with van der Waals surface area (Å²) in [5.74, 6) is 5.77. The fraction of sp³-hybridized carbons (Fsp3) is 0.318. The van der Waals surface area contributed by atoms with Crippen LogP contribution < -0.4 is 0 Å². The van der Waals surface area contributed by atoms with Crippen LogP contribution in [0.25, 0.3) is 5.70 Å². The first-order valence-corrected chi connectivity index (χ1v) is 8.37. The number of rotatable bonds is 2. The Balaban J connectivity index is 2.33. The molecule has 1 aromatic carbocycles. The zero-order valence-corrected chi connectivity index (χ0v) is 15.8. The van der Waals surface area contributed by atoms with Crippen LogP contribution in [0.5, 0.6) is 0 Å². The van der Waals surface area contributed by atoms with Crippen molar-refractivity contribution in [3.05, 3.63) is 70.8 Å². The number of nitrogens with zero attached hydrogens (tertiary/aromatic N) is 2. The number of aryl methyl sites for hydroxylation is 1. The molecule has 3 heteroatoms. The molecule has 0 spiro atoms. The molecule has 0 N–H and O–H groups in total. The van der Waals surface area contributed by atoms with Gasteiger partial charge in [0.25, 0.3) is 0 Å². The van der Waals surface area contributed by atoms with Crippen LogP contribution >= 0.6 is 0 Å². The van der Waals surface area contributed by atoms with Gasteiger partial charge >= 0.3 is 0 Å². The fourth-order valence-corrected chi connectivity index (χ4v) is 2.47. The van der Waals surface area contributed by atoms with Crippen LogP contribution in [0.15, 0.2) is 42.6 Å². The standard InChI is InChI=1S/C22H25FN2/c1-7-20(25(6)22(3,4)5)21-16(2)13-18(15-24-21)12-11-17-9-8-10-19(23)14-17/h7-10,13-15H,1-6H3. The Hall–Kier alpha value is -2.60. The number of hydrogen-bond acceptors (Lipinski definition) is 2. The highest BCUT2D eigenvalue weighted by Gasteiger charge is 2.21. The van der Waals surface area contributed by atoms with E-state index in [0.717, 1.165) is 22.5 Å². The molecule has 0 atom stereocenters. The van der Waals surface area contributed by atoms with Gasteiger partial charge in [-0.15, -0.1) is 0 Å². The lowest BCUT2D eigenvalue weighted by molar-refractivity contribution is 0.265. The molecule has 2 aromatic rings. The van der Waals surface area contributed by atoms with Gasteiger partial charge in [0.05, 0.1) is 11.4 Å². The topological polar surface area (TPSA) is 16.1 Å². The molecule has 0 aliphatic heterocycles. The predicted molar refractivity (Wildman–Crippen MR) is 103 cm³/mol. The molecule has 25 heavy (non-hydrogen) atoms. The summed E-state index contributed by atoms with van der Waals surface area (Å²) in [6, 6.07) is 8.32. The van der Waals surface area contributed by atoms with E-state index < -0.39 is 0 Å². The third kappa shape index (κ3) is 4.70. The smallest absolute Gasteiger partial charge is 0.124 e. The van der Waals surface area contributed by atoms with Crippen molar-refractivity contribution in [2.24, 2.45) is 0 Å². The lowest BCUT2D eigenvalue weighted by Gasteiger charge is -2.36. The molecule has 2 rings (SSSR count). The third-order valence-electron chi connectivity index (χ3n) is 4.14. The highest BCUT2D eigenvalue weighted by Crippen LogP contribution is 2.26. The van der Waals surface area contributed by atoms with Crippen molar-refractivity contribution in [3.8, 4) is 11.8 Å². The second-order valence-corrected chi connectivity index (χ2v) is 7.05. The van der Waals surface area contributed by atoms with E-state index in [2.05, 4.69) is 55.6 Å². The Morgan fingerprint density at radius 2 is 1.84 bits per heavy atom. The van der Waals surface area contributed by atoms with E-state index >= 15 is 0 Å². The molecule has 0 saturated heterocycles. The van der Waals surface area contributed by atoms with Crippen LogP contribution in [-0.2, 0) is 0 Å². The zero-order chi connectivity index (χ0) is 18.6. The number of halogens is 1. The van der Waals surface area contributed by atoms with E-state index in [1.54, 1.807) is 18.3 Å². The van der Waals surface area contributed by atoms with E-state index in [9.17, 15) is 4.39 Å². The Morgan fingerprint density at radius 1 is 1.16 bits per heavy atom. The average Bonchev–Trinajstić information content (AvgIpc) is 2.54. The predicted octanol–water partition coefficient (Wildman–Crippen LogP) is 5.02. The van der Waals surface area contributed by atoms with Crippen LogP contribution in [0.1, 0.15) is 50.1 Å². The lowest BCUT2D eigenvalue weighted by Crippen LogP contribution is -2.37. The Bertz CT molecular complexity index is 848. The zero-order valence-electron chi connectivity index (χ0n) is 15.8. The molecule has 0 amide bonds. The number of pyridine rings is 1. The molecular weight excluding hydrogens is 311 g/mol. The number of hydrogen-bond donors (Lipinski definition) is 0. The van der Waals surface area contributed by atoms with Crippen molar-refractivity contribution in [1.29, 1.82) is 0 Å². The fourth-order valence-electron chi connectivity index (χ4n) is 2.47. The van der Waals surface area contributed by atoms with Crippen molar-refractivity contribution >= 4 is 5.70 Å². The summed E-state index contributed by atoms with van der Waals surface area (Å²) in [5.41, 5.74) is 4.59. The summed E-state index contributed by atoms with van der Waals surface area (Å²) in [6.45, 7) is 10.6. The third-order valence-corrected chi connectivity index (χ3v) is 4.14. The van der Waals surface area contributed by atoms with Crippen LogP contribution in [0.2, 0.25) is 0 Å². The highest BCUT2D eigenvalue weighted by atomic mass is 19.1. The quantitative estimate of drug-likeness (QED) is 0.716. The normalized spacial score (nSPS) is 11.7. The molecule has 0 unspecified atom stereocenters. The first kappa shape index (κ1) is 18.7. The maximum Gasteiger partial charge on any atom is 0.124 e. The first-order chi connectivity index (χ1) is 11.7. The molecule has 0 saturated carbocycles. The van der Waals surface area contributed by atoms with E-state index in [0.29, 0.717) is 5.56 Å². The maximum atomic E-state index is 13.2. The number of benzene rings is 1. The molecule has 0 bridgehead atoms. The number of allylic oxidation sites excluding steroid dienone is 1. The van der Waals surface area contributed by atoms with Gasteiger partial charge in [-0.25, -0.2) is 4.39 Å². The van der Waals surface area contributed by atoms with E-state index in [4.69, 9.17) is 0 Å². The minimum absolute atomic E-state index is 0.00578. The SMILES string of the molecule is CC=C(c1ncc(C#Cc2cccc(F)c2)cc1C)N(C)C(C)(C)C. The summed E-state index contributed by atoms with van der Waals surface area (Å²) >= 11 is 0.